The maximum Gasteiger partial charge on any atom is 0.339 e. The summed E-state index contributed by atoms with van der Waals surface area (Å²) in [7, 11) is 6.17. The first kappa shape index (κ1) is 40.7. The number of urea groups is 1. The van der Waals surface area contributed by atoms with E-state index in [-0.39, 0.29) is 44.0 Å². The predicted octanol–water partition coefficient (Wildman–Crippen LogP) is 7.34. The molecule has 14 heteroatoms. The van der Waals surface area contributed by atoms with Gasteiger partial charge in [0.1, 0.15) is 40.9 Å². The van der Waals surface area contributed by atoms with Crippen LogP contribution >= 0.6 is 23.8 Å². The van der Waals surface area contributed by atoms with E-state index < -0.39 is 29.9 Å². The molecule has 1 fully saturated rings. The lowest BCUT2D eigenvalue weighted by Crippen LogP contribution is -2.48. The first-order valence-electron chi connectivity index (χ1n) is 17.5. The van der Waals surface area contributed by atoms with E-state index in [9.17, 15) is 19.5 Å². The summed E-state index contributed by atoms with van der Waals surface area (Å²) in [5.41, 5.74) is 2.82. The molecule has 0 unspecified atom stereocenters. The van der Waals surface area contributed by atoms with E-state index in [4.69, 9.17) is 47.5 Å². The fourth-order valence-electron chi connectivity index (χ4n) is 6.49. The molecular weight excluding hydrogens is 746 g/mol. The lowest BCUT2D eigenvalue weighted by atomic mass is 9.96. The van der Waals surface area contributed by atoms with Gasteiger partial charge in [-0.05, 0) is 59.9 Å². The van der Waals surface area contributed by atoms with E-state index >= 15 is 0 Å². The van der Waals surface area contributed by atoms with Crippen LogP contribution in [0.4, 0.5) is 4.79 Å². The summed E-state index contributed by atoms with van der Waals surface area (Å²) in [5, 5.41) is 13.3. The summed E-state index contributed by atoms with van der Waals surface area (Å²) in [6, 6.07) is 21.5. The standard InChI is InChI=1S/C41H44ClN3O9S/c1-6-33(26-12-14-31(40(47)48)37(18-26)54-24-25-10-8-7-9-11-25)43-41(49)45-23-38(55)44(22-32-35(52-4)19-30(50-2)20-36(32)53-5)21-28(39(45)46)16-27-17-29(42)13-15-34(27)51-3/h7-15,17-20,28,33H,6,16,21-24H2,1-5H3,(H,43,49)(H,47,48)/t28-,33-/m1/s1. The molecular formula is C41H44ClN3O9S. The number of carboxylic acid groups (broad SMARTS) is 1. The second kappa shape index (κ2) is 18.7. The maximum atomic E-state index is 14.5. The lowest BCUT2D eigenvalue weighted by Gasteiger charge is -2.27. The van der Waals surface area contributed by atoms with Crippen LogP contribution in [-0.4, -0.2) is 79.3 Å². The highest BCUT2D eigenvalue weighted by atomic mass is 35.5. The number of methoxy groups -OCH3 is 4. The van der Waals surface area contributed by atoms with Crippen LogP contribution in [0.2, 0.25) is 5.02 Å². The van der Waals surface area contributed by atoms with Crippen LogP contribution in [0.3, 0.4) is 0 Å². The molecule has 2 atom stereocenters. The average molecular weight is 790 g/mol. The van der Waals surface area contributed by atoms with Crippen molar-refractivity contribution in [2.24, 2.45) is 5.92 Å². The number of nitrogens with one attached hydrogen (secondary N) is 1. The first-order valence-corrected chi connectivity index (χ1v) is 18.3. The van der Waals surface area contributed by atoms with Gasteiger partial charge >= 0.3 is 12.0 Å². The van der Waals surface area contributed by atoms with Gasteiger partial charge in [0.2, 0.25) is 5.91 Å². The Morgan fingerprint density at radius 2 is 1.60 bits per heavy atom. The van der Waals surface area contributed by atoms with Crippen molar-refractivity contribution in [3.05, 3.63) is 112 Å². The number of imide groups is 1. The SMILES string of the molecule is CC[C@@H](NC(=O)N1CC(=S)N(Cc2c(OC)cc(OC)cc2OC)C[C@@H](Cc2cc(Cl)ccc2OC)C1=O)c1ccc(C(=O)O)c(OCc2ccccc2)c1. The summed E-state index contributed by atoms with van der Waals surface area (Å²) < 4.78 is 28.4. The fraction of sp³-hybridized carbons (Fsp3) is 0.317. The summed E-state index contributed by atoms with van der Waals surface area (Å²) in [5.74, 6) is -0.101. The highest BCUT2D eigenvalue weighted by Gasteiger charge is 2.38. The minimum Gasteiger partial charge on any atom is -0.496 e. The molecule has 4 aromatic rings. The molecule has 3 amide bonds. The minimum absolute atomic E-state index is 0.0154. The number of hydrogen-bond donors (Lipinski definition) is 2. The van der Waals surface area contributed by atoms with Crippen molar-refractivity contribution in [3.8, 4) is 28.7 Å². The molecule has 0 aromatic heterocycles. The van der Waals surface area contributed by atoms with Gasteiger partial charge in [0.05, 0.1) is 64.0 Å². The fourth-order valence-corrected chi connectivity index (χ4v) is 6.95. The number of carboxylic acids is 1. The number of thiocarbonyl (C=S) groups is 1. The molecule has 290 valence electrons. The molecule has 0 radical (unpaired) electrons. The van der Waals surface area contributed by atoms with Crippen molar-refractivity contribution in [2.45, 2.75) is 39.0 Å². The lowest BCUT2D eigenvalue weighted by molar-refractivity contribution is -0.131. The molecule has 5 rings (SSSR count). The number of benzene rings is 4. The van der Waals surface area contributed by atoms with Crippen LogP contribution in [0.15, 0.2) is 78.9 Å². The van der Waals surface area contributed by atoms with Gasteiger partial charge in [-0.15, -0.1) is 0 Å². The maximum absolute atomic E-state index is 14.5. The normalized spacial score (nSPS) is 14.8. The number of nitrogens with zero attached hydrogens (tertiary/aromatic N) is 2. The number of rotatable bonds is 15. The molecule has 55 heavy (non-hydrogen) atoms. The number of aromatic carboxylic acids is 1. The zero-order valence-electron chi connectivity index (χ0n) is 31.3. The van der Waals surface area contributed by atoms with Crippen LogP contribution in [0.5, 0.6) is 28.7 Å². The van der Waals surface area contributed by atoms with Crippen LogP contribution in [-0.2, 0) is 24.4 Å². The van der Waals surface area contributed by atoms with Crippen molar-refractivity contribution in [1.82, 2.24) is 15.1 Å². The van der Waals surface area contributed by atoms with Gasteiger partial charge in [0, 0.05) is 23.7 Å². The molecule has 0 spiro atoms. The molecule has 1 aliphatic rings. The van der Waals surface area contributed by atoms with E-state index in [0.717, 1.165) is 10.5 Å². The van der Waals surface area contributed by atoms with E-state index in [2.05, 4.69) is 5.32 Å². The van der Waals surface area contributed by atoms with Crippen molar-refractivity contribution in [2.75, 3.05) is 41.5 Å². The first-order chi connectivity index (χ1) is 26.5. The predicted molar refractivity (Wildman–Crippen MR) is 212 cm³/mol. The molecule has 1 heterocycles. The quantitative estimate of drug-likeness (QED) is 0.117. The second-order valence-corrected chi connectivity index (χ2v) is 13.7. The molecule has 0 bridgehead atoms. The van der Waals surface area contributed by atoms with E-state index in [1.165, 1.54) is 13.2 Å². The van der Waals surface area contributed by atoms with Crippen molar-refractivity contribution < 1.29 is 43.2 Å². The van der Waals surface area contributed by atoms with Crippen LogP contribution in [0.1, 0.15) is 52.0 Å². The van der Waals surface area contributed by atoms with Gasteiger partial charge in [-0.3, -0.25) is 9.69 Å². The third kappa shape index (κ3) is 9.78. The van der Waals surface area contributed by atoms with Crippen molar-refractivity contribution >= 4 is 46.7 Å². The molecule has 2 N–H and O–H groups in total. The molecule has 4 aromatic carbocycles. The number of carbonyl (C=O) groups excluding carboxylic acids is 2. The Hall–Kier alpha value is -5.53. The number of carbonyl (C=O) groups is 3. The van der Waals surface area contributed by atoms with Crippen LogP contribution in [0.25, 0.3) is 0 Å². The Kier molecular flexibility index (Phi) is 13.8. The van der Waals surface area contributed by atoms with Crippen molar-refractivity contribution in [1.29, 1.82) is 0 Å². The Morgan fingerprint density at radius 1 is 0.909 bits per heavy atom. The van der Waals surface area contributed by atoms with E-state index in [1.54, 1.807) is 63.8 Å². The average Bonchev–Trinajstić information content (AvgIpc) is 3.31. The van der Waals surface area contributed by atoms with Crippen LogP contribution in [0, 0.1) is 5.92 Å². The van der Waals surface area contributed by atoms with Gasteiger partial charge in [-0.1, -0.05) is 67.1 Å². The second-order valence-electron chi connectivity index (χ2n) is 12.8. The summed E-state index contributed by atoms with van der Waals surface area (Å²) in [6.45, 7) is 2.22. The number of hydrogen-bond acceptors (Lipinski definition) is 9. The van der Waals surface area contributed by atoms with Gasteiger partial charge in [-0.25, -0.2) is 9.59 Å². The summed E-state index contributed by atoms with van der Waals surface area (Å²) in [6.07, 6.45) is 0.618. The smallest absolute Gasteiger partial charge is 0.339 e. The number of amides is 3. The largest absolute Gasteiger partial charge is 0.496 e. The van der Waals surface area contributed by atoms with Gasteiger partial charge in [0.25, 0.3) is 0 Å². The third-order valence-corrected chi connectivity index (χ3v) is 10.0. The minimum atomic E-state index is -1.15. The summed E-state index contributed by atoms with van der Waals surface area (Å²) >= 11 is 12.3. The number of ether oxygens (including phenoxy) is 5. The topological polar surface area (TPSA) is 136 Å². The van der Waals surface area contributed by atoms with Gasteiger partial charge in [-0.2, -0.15) is 0 Å². The Morgan fingerprint density at radius 3 is 2.22 bits per heavy atom. The Bertz CT molecular complexity index is 2000. The highest BCUT2D eigenvalue weighted by Crippen LogP contribution is 2.36. The molecule has 0 saturated carbocycles. The Labute approximate surface area is 330 Å². The molecule has 1 aliphatic heterocycles. The van der Waals surface area contributed by atoms with Gasteiger partial charge < -0.3 is 39.0 Å². The highest BCUT2D eigenvalue weighted by molar-refractivity contribution is 7.80. The van der Waals surface area contributed by atoms with E-state index in [1.807, 2.05) is 42.2 Å². The van der Waals surface area contributed by atoms with Crippen LogP contribution < -0.4 is 29.0 Å². The molecule has 1 saturated heterocycles. The zero-order valence-corrected chi connectivity index (χ0v) is 32.9. The van der Waals surface area contributed by atoms with Gasteiger partial charge in [0.15, 0.2) is 0 Å². The number of halogens is 1. The zero-order chi connectivity index (χ0) is 39.6. The van der Waals surface area contributed by atoms with E-state index in [0.29, 0.717) is 56.1 Å². The van der Waals surface area contributed by atoms with Crippen molar-refractivity contribution in [3.63, 3.8) is 0 Å². The third-order valence-electron chi connectivity index (χ3n) is 9.40. The Balaban J connectivity index is 1.46. The monoisotopic (exact) mass is 789 g/mol. The summed E-state index contributed by atoms with van der Waals surface area (Å²) in [4.78, 5) is 44.2. The molecule has 12 nitrogen and oxygen atoms in total. The molecule has 0 aliphatic carbocycles.